The highest BCUT2D eigenvalue weighted by molar-refractivity contribution is 5.15. The Morgan fingerprint density at radius 1 is 1.32 bits per heavy atom. The number of hydrogen-bond donors (Lipinski definition) is 1. The lowest BCUT2D eigenvalue weighted by molar-refractivity contribution is 0.440. The van der Waals surface area contributed by atoms with Gasteiger partial charge >= 0.3 is 0 Å². The number of benzene rings is 1. The molecule has 0 saturated heterocycles. The molecule has 0 saturated carbocycles. The van der Waals surface area contributed by atoms with Gasteiger partial charge in [-0.25, -0.2) is 9.37 Å². The van der Waals surface area contributed by atoms with E-state index in [0.717, 1.165) is 31.0 Å². The summed E-state index contributed by atoms with van der Waals surface area (Å²) in [5.41, 5.74) is 1.10. The lowest BCUT2D eigenvalue weighted by Crippen LogP contribution is -2.24. The number of halogens is 1. The third kappa shape index (κ3) is 4.17. The second-order valence-corrected chi connectivity index (χ2v) is 4.99. The average molecular weight is 261 g/mol. The number of nitrogens with one attached hydrogen (secondary N) is 1. The van der Waals surface area contributed by atoms with Gasteiger partial charge < -0.3 is 9.88 Å². The molecule has 0 bridgehead atoms. The van der Waals surface area contributed by atoms with Gasteiger partial charge in [0.1, 0.15) is 11.6 Å². The fourth-order valence-corrected chi connectivity index (χ4v) is 2.06. The number of rotatable bonds is 6. The zero-order valence-corrected chi connectivity index (χ0v) is 11.4. The summed E-state index contributed by atoms with van der Waals surface area (Å²) in [7, 11) is 0. The van der Waals surface area contributed by atoms with Crippen molar-refractivity contribution < 1.29 is 4.39 Å². The standard InChI is InChI=1S/C15H20FN3/c1-12(11-19-8-7-18-13(19)2)9-17-10-14-3-5-15(16)6-4-14/h3-8,12,17H,9-11H2,1-2H3. The maximum atomic E-state index is 12.8. The third-order valence-electron chi connectivity index (χ3n) is 3.17. The molecule has 0 aliphatic carbocycles. The first-order chi connectivity index (χ1) is 9.15. The van der Waals surface area contributed by atoms with E-state index in [4.69, 9.17) is 0 Å². The van der Waals surface area contributed by atoms with Crippen molar-refractivity contribution in [2.45, 2.75) is 26.9 Å². The van der Waals surface area contributed by atoms with Crippen LogP contribution in [0.15, 0.2) is 36.7 Å². The molecule has 0 spiro atoms. The van der Waals surface area contributed by atoms with Crippen molar-refractivity contribution >= 4 is 0 Å². The Balaban J connectivity index is 1.73. The minimum Gasteiger partial charge on any atom is -0.335 e. The van der Waals surface area contributed by atoms with E-state index in [2.05, 4.69) is 21.8 Å². The molecular formula is C15H20FN3. The lowest BCUT2D eigenvalue weighted by atomic mass is 10.1. The molecule has 0 aliphatic heterocycles. The Morgan fingerprint density at radius 3 is 2.68 bits per heavy atom. The van der Waals surface area contributed by atoms with E-state index in [1.807, 2.05) is 31.5 Å². The summed E-state index contributed by atoms with van der Waals surface area (Å²) in [6, 6.07) is 6.62. The SMILES string of the molecule is Cc1nccn1CC(C)CNCc1ccc(F)cc1. The monoisotopic (exact) mass is 261 g/mol. The Kier molecular flexibility index (Phi) is 4.68. The highest BCUT2D eigenvalue weighted by Crippen LogP contribution is 2.05. The summed E-state index contributed by atoms with van der Waals surface area (Å²) in [5.74, 6) is 1.38. The van der Waals surface area contributed by atoms with Gasteiger partial charge in [-0.3, -0.25) is 0 Å². The quantitative estimate of drug-likeness (QED) is 0.866. The summed E-state index contributed by atoms with van der Waals surface area (Å²) < 4.78 is 14.9. The molecule has 4 heteroatoms. The van der Waals surface area contributed by atoms with E-state index >= 15 is 0 Å². The summed E-state index contributed by atoms with van der Waals surface area (Å²) in [6.45, 7) is 6.88. The Bertz CT molecular complexity index is 504. The van der Waals surface area contributed by atoms with Crippen molar-refractivity contribution in [3.05, 3.63) is 53.9 Å². The molecule has 1 unspecified atom stereocenters. The summed E-state index contributed by atoms with van der Waals surface area (Å²) >= 11 is 0. The van der Waals surface area contributed by atoms with Crippen molar-refractivity contribution in [3.8, 4) is 0 Å². The van der Waals surface area contributed by atoms with E-state index in [0.29, 0.717) is 5.92 Å². The topological polar surface area (TPSA) is 29.9 Å². The molecule has 0 aliphatic rings. The number of imidazole rings is 1. The van der Waals surface area contributed by atoms with Crippen molar-refractivity contribution in [1.82, 2.24) is 14.9 Å². The normalized spacial score (nSPS) is 12.6. The molecule has 1 heterocycles. The second kappa shape index (κ2) is 6.48. The second-order valence-electron chi connectivity index (χ2n) is 4.99. The fraction of sp³-hybridized carbons (Fsp3) is 0.400. The molecule has 2 aromatic rings. The zero-order valence-electron chi connectivity index (χ0n) is 11.4. The Morgan fingerprint density at radius 2 is 2.05 bits per heavy atom. The van der Waals surface area contributed by atoms with Crippen LogP contribution < -0.4 is 5.32 Å². The van der Waals surface area contributed by atoms with Gasteiger partial charge in [0.2, 0.25) is 0 Å². The molecule has 0 amide bonds. The first-order valence-corrected chi connectivity index (χ1v) is 6.58. The van der Waals surface area contributed by atoms with Gasteiger partial charge in [-0.2, -0.15) is 0 Å². The summed E-state index contributed by atoms with van der Waals surface area (Å²) in [6.07, 6.45) is 3.83. The van der Waals surface area contributed by atoms with E-state index in [1.165, 1.54) is 12.1 Å². The third-order valence-corrected chi connectivity index (χ3v) is 3.17. The van der Waals surface area contributed by atoms with Crippen LogP contribution in [-0.4, -0.2) is 16.1 Å². The summed E-state index contributed by atoms with van der Waals surface area (Å²) in [4.78, 5) is 4.21. The largest absolute Gasteiger partial charge is 0.335 e. The van der Waals surface area contributed by atoms with Crippen LogP contribution >= 0.6 is 0 Å². The maximum Gasteiger partial charge on any atom is 0.123 e. The van der Waals surface area contributed by atoms with Gasteiger partial charge in [-0.1, -0.05) is 19.1 Å². The van der Waals surface area contributed by atoms with Gasteiger partial charge in [0.15, 0.2) is 0 Å². The molecule has 1 N–H and O–H groups in total. The molecule has 3 nitrogen and oxygen atoms in total. The number of aromatic nitrogens is 2. The van der Waals surface area contributed by atoms with Crippen LogP contribution in [0.1, 0.15) is 18.3 Å². The molecule has 102 valence electrons. The van der Waals surface area contributed by atoms with E-state index in [1.54, 1.807) is 0 Å². The maximum absolute atomic E-state index is 12.8. The highest BCUT2D eigenvalue weighted by Gasteiger charge is 2.05. The van der Waals surface area contributed by atoms with Crippen LogP contribution in [0, 0.1) is 18.7 Å². The van der Waals surface area contributed by atoms with E-state index < -0.39 is 0 Å². The van der Waals surface area contributed by atoms with Crippen LogP contribution in [0.5, 0.6) is 0 Å². The zero-order chi connectivity index (χ0) is 13.7. The summed E-state index contributed by atoms with van der Waals surface area (Å²) in [5, 5.41) is 3.40. The van der Waals surface area contributed by atoms with E-state index in [9.17, 15) is 4.39 Å². The van der Waals surface area contributed by atoms with E-state index in [-0.39, 0.29) is 5.82 Å². The smallest absolute Gasteiger partial charge is 0.123 e. The number of nitrogens with zero attached hydrogens (tertiary/aromatic N) is 2. The molecule has 19 heavy (non-hydrogen) atoms. The van der Waals surface area contributed by atoms with Crippen molar-refractivity contribution in [3.63, 3.8) is 0 Å². The predicted octanol–water partition coefficient (Wildman–Crippen LogP) is 2.76. The van der Waals surface area contributed by atoms with Crippen molar-refractivity contribution in [2.24, 2.45) is 5.92 Å². The highest BCUT2D eigenvalue weighted by atomic mass is 19.1. The average Bonchev–Trinajstić information content (AvgIpc) is 2.78. The van der Waals surface area contributed by atoms with Gasteiger partial charge in [0.25, 0.3) is 0 Å². The van der Waals surface area contributed by atoms with Gasteiger partial charge in [0.05, 0.1) is 0 Å². The first-order valence-electron chi connectivity index (χ1n) is 6.58. The lowest BCUT2D eigenvalue weighted by Gasteiger charge is -2.14. The molecule has 1 atom stereocenters. The Hall–Kier alpha value is -1.68. The number of hydrogen-bond acceptors (Lipinski definition) is 2. The Labute approximate surface area is 113 Å². The predicted molar refractivity (Wildman–Crippen MR) is 74.2 cm³/mol. The van der Waals surface area contributed by atoms with Crippen molar-refractivity contribution in [2.75, 3.05) is 6.54 Å². The van der Waals surface area contributed by atoms with Gasteiger partial charge in [0, 0.05) is 25.5 Å². The molecule has 2 rings (SSSR count). The van der Waals surface area contributed by atoms with Crippen molar-refractivity contribution in [1.29, 1.82) is 0 Å². The van der Waals surface area contributed by atoms with Crippen LogP contribution in [0.3, 0.4) is 0 Å². The fourth-order valence-electron chi connectivity index (χ4n) is 2.06. The minimum atomic E-state index is -0.187. The van der Waals surface area contributed by atoms with Gasteiger partial charge in [-0.15, -0.1) is 0 Å². The molecule has 1 aromatic carbocycles. The minimum absolute atomic E-state index is 0.187. The van der Waals surface area contributed by atoms with Gasteiger partial charge in [-0.05, 0) is 37.1 Å². The molecule has 1 aromatic heterocycles. The molecular weight excluding hydrogens is 241 g/mol. The van der Waals surface area contributed by atoms with Crippen LogP contribution in [0.25, 0.3) is 0 Å². The first kappa shape index (κ1) is 13.7. The van der Waals surface area contributed by atoms with Crippen LogP contribution in [-0.2, 0) is 13.1 Å². The molecule has 0 fully saturated rings. The van der Waals surface area contributed by atoms with Crippen LogP contribution in [0.4, 0.5) is 4.39 Å². The molecule has 0 radical (unpaired) electrons. The number of aryl methyl sites for hydroxylation is 1. The van der Waals surface area contributed by atoms with Crippen LogP contribution in [0.2, 0.25) is 0 Å².